The summed E-state index contributed by atoms with van der Waals surface area (Å²) >= 11 is 1.27. The Morgan fingerprint density at radius 2 is 1.64 bits per heavy atom. The maximum absolute atomic E-state index is 14.1. The number of benzene rings is 2. The molecule has 2 heterocycles. The van der Waals surface area contributed by atoms with Crippen molar-refractivity contribution >= 4 is 21.6 Å². The molecule has 0 bridgehead atoms. The Morgan fingerprint density at radius 3 is 2.40 bits per heavy atom. The van der Waals surface area contributed by atoms with E-state index < -0.39 is 5.69 Å². The Balaban J connectivity index is 2.02. The molecule has 0 aliphatic heterocycles. The van der Waals surface area contributed by atoms with Gasteiger partial charge >= 0.3 is 5.69 Å². The van der Waals surface area contributed by atoms with Crippen LogP contribution < -0.4 is 11.2 Å². The molecule has 0 radical (unpaired) electrons. The Hall–Kier alpha value is -2.99. The molecule has 2 aromatic carbocycles. The van der Waals surface area contributed by atoms with Crippen molar-refractivity contribution in [3.63, 3.8) is 0 Å². The van der Waals surface area contributed by atoms with Crippen LogP contribution in [0.25, 0.3) is 15.9 Å². The van der Waals surface area contributed by atoms with E-state index in [0.29, 0.717) is 21.5 Å². The van der Waals surface area contributed by atoms with E-state index in [2.05, 4.69) is 0 Å². The van der Waals surface area contributed by atoms with Crippen molar-refractivity contribution in [3.8, 4) is 5.69 Å². The highest BCUT2D eigenvalue weighted by Gasteiger charge is 2.16. The van der Waals surface area contributed by atoms with Gasteiger partial charge in [0.2, 0.25) is 0 Å². The maximum Gasteiger partial charge on any atom is 0.336 e. The molecule has 4 aromatic rings. The zero-order valence-corrected chi connectivity index (χ0v) is 13.9. The van der Waals surface area contributed by atoms with Gasteiger partial charge in [0.15, 0.2) is 0 Å². The summed E-state index contributed by atoms with van der Waals surface area (Å²) in [5.41, 5.74) is 0.581. The van der Waals surface area contributed by atoms with Gasteiger partial charge in [0, 0.05) is 5.56 Å². The first kappa shape index (κ1) is 15.5. The Labute approximate surface area is 146 Å². The largest absolute Gasteiger partial charge is 0.336 e. The third kappa shape index (κ3) is 2.60. The summed E-state index contributed by atoms with van der Waals surface area (Å²) in [6.07, 6.45) is 0. The molecule has 0 amide bonds. The molecule has 0 aliphatic carbocycles. The molecular formula is C19H13FN2O2S. The minimum Gasteiger partial charge on any atom is -0.287 e. The number of aromatic nitrogens is 2. The van der Waals surface area contributed by atoms with E-state index in [1.807, 2.05) is 6.07 Å². The number of para-hydroxylation sites is 1. The number of halogens is 1. The van der Waals surface area contributed by atoms with Crippen LogP contribution in [-0.2, 0) is 6.54 Å². The van der Waals surface area contributed by atoms with Crippen molar-refractivity contribution in [2.24, 2.45) is 0 Å². The van der Waals surface area contributed by atoms with Gasteiger partial charge in [-0.15, -0.1) is 11.3 Å². The van der Waals surface area contributed by atoms with Crippen molar-refractivity contribution in [2.75, 3.05) is 0 Å². The fourth-order valence-corrected chi connectivity index (χ4v) is 3.67. The highest BCUT2D eigenvalue weighted by molar-refractivity contribution is 7.17. The van der Waals surface area contributed by atoms with Crippen LogP contribution in [0.5, 0.6) is 0 Å². The number of thiophene rings is 1. The van der Waals surface area contributed by atoms with E-state index in [9.17, 15) is 14.0 Å². The molecular weight excluding hydrogens is 339 g/mol. The van der Waals surface area contributed by atoms with Gasteiger partial charge in [-0.3, -0.25) is 9.36 Å². The summed E-state index contributed by atoms with van der Waals surface area (Å²) in [6.45, 7) is 0.0614. The molecule has 6 heteroatoms. The van der Waals surface area contributed by atoms with Gasteiger partial charge < -0.3 is 0 Å². The van der Waals surface area contributed by atoms with Gasteiger partial charge in [-0.2, -0.15) is 0 Å². The lowest BCUT2D eigenvalue weighted by molar-refractivity contribution is 0.594. The highest BCUT2D eigenvalue weighted by Crippen LogP contribution is 2.18. The van der Waals surface area contributed by atoms with Crippen LogP contribution >= 0.6 is 11.3 Å². The molecule has 124 valence electrons. The van der Waals surface area contributed by atoms with E-state index in [-0.39, 0.29) is 17.9 Å². The molecule has 4 rings (SSSR count). The van der Waals surface area contributed by atoms with Gasteiger partial charge in [0.05, 0.1) is 17.7 Å². The number of hydrogen-bond acceptors (Lipinski definition) is 3. The zero-order valence-electron chi connectivity index (χ0n) is 13.1. The first-order valence-electron chi connectivity index (χ1n) is 7.68. The molecule has 0 N–H and O–H groups in total. The quantitative estimate of drug-likeness (QED) is 0.567. The minimum atomic E-state index is -0.481. The molecule has 0 saturated carbocycles. The molecule has 0 fully saturated rings. The zero-order chi connectivity index (χ0) is 17.4. The van der Waals surface area contributed by atoms with Crippen molar-refractivity contribution in [1.29, 1.82) is 0 Å². The summed E-state index contributed by atoms with van der Waals surface area (Å²) in [5, 5.41) is 1.76. The molecule has 0 spiro atoms. The summed E-state index contributed by atoms with van der Waals surface area (Å²) in [5.74, 6) is -0.379. The predicted octanol–water partition coefficient (Wildman–Crippen LogP) is 3.40. The monoisotopic (exact) mass is 352 g/mol. The van der Waals surface area contributed by atoms with Crippen LogP contribution in [0.1, 0.15) is 5.56 Å². The van der Waals surface area contributed by atoms with Crippen LogP contribution in [0.15, 0.2) is 75.6 Å². The summed E-state index contributed by atoms with van der Waals surface area (Å²) < 4.78 is 17.1. The van der Waals surface area contributed by atoms with Gasteiger partial charge in [0.25, 0.3) is 5.56 Å². The van der Waals surface area contributed by atoms with Crippen LogP contribution in [0.4, 0.5) is 4.39 Å². The number of hydrogen-bond donors (Lipinski definition) is 0. The van der Waals surface area contributed by atoms with Crippen molar-refractivity contribution in [1.82, 2.24) is 9.13 Å². The highest BCUT2D eigenvalue weighted by atomic mass is 32.1. The standard InChI is InChI=1S/C19H13FN2O2S/c20-15-9-5-4-6-13(15)12-21-16-10-11-25-17(16)18(23)22(19(21)24)14-7-2-1-3-8-14/h1-11H,12H2. The maximum atomic E-state index is 14.1. The van der Waals surface area contributed by atoms with Crippen molar-refractivity contribution in [2.45, 2.75) is 6.54 Å². The first-order chi connectivity index (χ1) is 12.2. The Morgan fingerprint density at radius 1 is 0.920 bits per heavy atom. The van der Waals surface area contributed by atoms with Gasteiger partial charge in [-0.1, -0.05) is 36.4 Å². The van der Waals surface area contributed by atoms with E-state index >= 15 is 0 Å². The smallest absolute Gasteiger partial charge is 0.287 e. The molecule has 0 atom stereocenters. The van der Waals surface area contributed by atoms with Crippen LogP contribution in [0.3, 0.4) is 0 Å². The van der Waals surface area contributed by atoms with Crippen LogP contribution in [0.2, 0.25) is 0 Å². The van der Waals surface area contributed by atoms with Gasteiger partial charge in [-0.05, 0) is 29.6 Å². The summed E-state index contributed by atoms with van der Waals surface area (Å²) in [7, 11) is 0. The van der Waals surface area contributed by atoms with E-state index in [0.717, 1.165) is 4.57 Å². The van der Waals surface area contributed by atoms with Gasteiger partial charge in [0.1, 0.15) is 10.5 Å². The Bertz CT molecular complexity index is 1180. The van der Waals surface area contributed by atoms with E-state index in [1.54, 1.807) is 53.9 Å². The average molecular weight is 352 g/mol. The molecule has 4 nitrogen and oxygen atoms in total. The second-order valence-electron chi connectivity index (χ2n) is 5.57. The van der Waals surface area contributed by atoms with E-state index in [4.69, 9.17) is 0 Å². The van der Waals surface area contributed by atoms with Crippen molar-refractivity contribution < 1.29 is 4.39 Å². The molecule has 2 aromatic heterocycles. The molecule has 0 unspecified atom stereocenters. The second-order valence-corrected chi connectivity index (χ2v) is 6.49. The number of nitrogens with zero attached hydrogens (tertiary/aromatic N) is 2. The predicted molar refractivity (Wildman–Crippen MR) is 97.2 cm³/mol. The third-order valence-corrected chi connectivity index (χ3v) is 4.95. The molecule has 0 saturated heterocycles. The fraction of sp³-hybridized carbons (Fsp3) is 0.0526. The number of fused-ring (bicyclic) bond motifs is 1. The van der Waals surface area contributed by atoms with Gasteiger partial charge in [-0.25, -0.2) is 13.8 Å². The lowest BCUT2D eigenvalue weighted by atomic mass is 10.2. The third-order valence-electron chi connectivity index (χ3n) is 4.06. The Kier molecular flexibility index (Phi) is 3.82. The second kappa shape index (κ2) is 6.14. The van der Waals surface area contributed by atoms with Crippen LogP contribution in [0, 0.1) is 5.82 Å². The average Bonchev–Trinajstić information content (AvgIpc) is 3.11. The first-order valence-corrected chi connectivity index (χ1v) is 8.56. The summed E-state index contributed by atoms with van der Waals surface area (Å²) in [4.78, 5) is 25.8. The fourth-order valence-electron chi connectivity index (χ4n) is 2.84. The van der Waals surface area contributed by atoms with E-state index in [1.165, 1.54) is 22.0 Å². The van der Waals surface area contributed by atoms with Crippen LogP contribution in [-0.4, -0.2) is 9.13 Å². The molecule has 0 aliphatic rings. The number of rotatable bonds is 3. The lowest BCUT2D eigenvalue weighted by Crippen LogP contribution is -2.38. The lowest BCUT2D eigenvalue weighted by Gasteiger charge is -2.12. The normalized spacial score (nSPS) is 11.1. The minimum absolute atomic E-state index is 0.0614. The van der Waals surface area contributed by atoms with Crippen molar-refractivity contribution in [3.05, 3.63) is 98.3 Å². The topological polar surface area (TPSA) is 44.0 Å². The SMILES string of the molecule is O=c1c2sccc2n(Cc2ccccc2F)c(=O)n1-c1ccccc1. The summed E-state index contributed by atoms with van der Waals surface area (Å²) in [6, 6.07) is 16.8. The molecule has 25 heavy (non-hydrogen) atoms.